The molecule has 0 amide bonds. The van der Waals surface area contributed by atoms with Crippen LogP contribution in [-0.4, -0.2) is 48.5 Å². The van der Waals surface area contributed by atoms with Crippen molar-refractivity contribution in [2.24, 2.45) is 10.2 Å². The fourth-order valence-corrected chi connectivity index (χ4v) is 4.10. The lowest BCUT2D eigenvalue weighted by molar-refractivity contribution is -0.137. The maximum Gasteiger partial charge on any atom is 0.430 e. The third-order valence-corrected chi connectivity index (χ3v) is 5.94. The number of anilines is 1. The number of hydrogen-bond donors (Lipinski definition) is 0. The first-order valence-electron chi connectivity index (χ1n) is 10.2. The van der Waals surface area contributed by atoms with Crippen molar-refractivity contribution >= 4 is 30.0 Å². The van der Waals surface area contributed by atoms with Crippen LogP contribution in [0.5, 0.6) is 0 Å². The van der Waals surface area contributed by atoms with Crippen LogP contribution >= 0.6 is 11.8 Å². The van der Waals surface area contributed by atoms with Crippen molar-refractivity contribution in [2.45, 2.75) is 37.6 Å². The number of pyridine rings is 1. The molecule has 0 atom stereocenters. The molecule has 2 aromatic rings. The van der Waals surface area contributed by atoms with Gasteiger partial charge in [0.05, 0.1) is 17.8 Å². The highest BCUT2D eigenvalue weighted by molar-refractivity contribution is 7.99. The Balaban J connectivity index is 2.52. The number of thioether (sulfide) groups is 1. The Morgan fingerprint density at radius 3 is 2.31 bits per heavy atom. The SMILES string of the molecule is C=N/N=C(/c1cc(C)c(N(C)C(=C)C(F)(F)F)cc1SCC)N(C)Cc1cc(C(F)(F)F)ccn1. The van der Waals surface area contributed by atoms with Gasteiger partial charge in [0.1, 0.15) is 5.70 Å². The van der Waals surface area contributed by atoms with Gasteiger partial charge in [0.15, 0.2) is 5.84 Å². The van der Waals surface area contributed by atoms with E-state index in [0.717, 1.165) is 23.2 Å². The first-order chi connectivity index (χ1) is 16.2. The maximum atomic E-state index is 13.2. The molecule has 2 rings (SSSR count). The van der Waals surface area contributed by atoms with Gasteiger partial charge < -0.3 is 9.80 Å². The Hall–Kier alpha value is -3.02. The third kappa shape index (κ3) is 7.00. The number of amidine groups is 1. The van der Waals surface area contributed by atoms with Crippen LogP contribution < -0.4 is 4.90 Å². The van der Waals surface area contributed by atoms with Gasteiger partial charge in [-0.3, -0.25) is 4.98 Å². The van der Waals surface area contributed by atoms with Crippen LogP contribution in [0.25, 0.3) is 0 Å². The highest BCUT2D eigenvalue weighted by Gasteiger charge is 2.36. The summed E-state index contributed by atoms with van der Waals surface area (Å²) in [4.78, 5) is 7.16. The van der Waals surface area contributed by atoms with Crippen LogP contribution in [0.1, 0.15) is 29.3 Å². The number of benzene rings is 1. The second-order valence-electron chi connectivity index (χ2n) is 7.53. The Bertz CT molecular complexity index is 1110. The van der Waals surface area contributed by atoms with Gasteiger partial charge in [-0.1, -0.05) is 13.5 Å². The lowest BCUT2D eigenvalue weighted by Crippen LogP contribution is -2.30. The van der Waals surface area contributed by atoms with E-state index in [1.54, 1.807) is 31.0 Å². The predicted octanol–water partition coefficient (Wildman–Crippen LogP) is 6.53. The van der Waals surface area contributed by atoms with Crippen LogP contribution in [-0.2, 0) is 12.7 Å². The monoisotopic (exact) mass is 517 g/mol. The Morgan fingerprint density at radius 1 is 1.11 bits per heavy atom. The summed E-state index contributed by atoms with van der Waals surface area (Å²) in [6, 6.07) is 5.09. The molecule has 12 heteroatoms. The minimum Gasteiger partial charge on any atom is -0.352 e. The summed E-state index contributed by atoms with van der Waals surface area (Å²) in [5.74, 6) is 0.884. The molecule has 0 N–H and O–H groups in total. The first-order valence-corrected chi connectivity index (χ1v) is 11.2. The van der Waals surface area contributed by atoms with Gasteiger partial charge in [0, 0.05) is 43.2 Å². The summed E-state index contributed by atoms with van der Waals surface area (Å²) < 4.78 is 78.9. The van der Waals surface area contributed by atoms with E-state index in [9.17, 15) is 26.3 Å². The molecular formula is C23H25F6N5S. The second-order valence-corrected chi connectivity index (χ2v) is 8.83. The van der Waals surface area contributed by atoms with Crippen LogP contribution in [0, 0.1) is 6.92 Å². The third-order valence-electron chi connectivity index (χ3n) is 5.00. The van der Waals surface area contributed by atoms with Crippen molar-refractivity contribution in [1.29, 1.82) is 0 Å². The fraction of sp³-hybridized carbons (Fsp3) is 0.348. The zero-order chi connectivity index (χ0) is 26.6. The zero-order valence-electron chi connectivity index (χ0n) is 19.6. The number of aryl methyl sites for hydroxylation is 1. The van der Waals surface area contributed by atoms with E-state index >= 15 is 0 Å². The molecule has 0 radical (unpaired) electrons. The van der Waals surface area contributed by atoms with E-state index in [-0.39, 0.29) is 18.1 Å². The van der Waals surface area contributed by atoms with Gasteiger partial charge in [-0.2, -0.15) is 31.4 Å². The van der Waals surface area contributed by atoms with Crippen molar-refractivity contribution in [3.63, 3.8) is 0 Å². The molecule has 1 aromatic heterocycles. The summed E-state index contributed by atoms with van der Waals surface area (Å²) >= 11 is 1.37. The lowest BCUT2D eigenvalue weighted by atomic mass is 10.1. The number of halogens is 6. The standard InChI is InChI=1S/C23H25F6N5S/c1-7-35-20-12-19(34(6)15(3)22(24,25)26)14(2)10-18(20)21(32-30-4)33(5)13-17-11-16(8-9-31-17)23(27,28)29/h8-12H,3-4,7,13H2,1-2,5-6H3/b32-21-. The molecule has 0 unspecified atom stereocenters. The number of nitrogens with zero attached hydrogens (tertiary/aromatic N) is 5. The van der Waals surface area contributed by atoms with Gasteiger partial charge in [0.25, 0.3) is 0 Å². The summed E-state index contributed by atoms with van der Waals surface area (Å²) in [6.07, 6.45) is -8.04. The Kier molecular flexibility index (Phi) is 8.99. The number of allylic oxidation sites excluding steroid dienone is 1. The molecule has 0 saturated heterocycles. The average molecular weight is 518 g/mol. The Morgan fingerprint density at radius 2 is 1.77 bits per heavy atom. The van der Waals surface area contributed by atoms with Crippen molar-refractivity contribution in [1.82, 2.24) is 9.88 Å². The molecule has 0 fully saturated rings. The Labute approximate surface area is 204 Å². The first kappa shape index (κ1) is 28.2. The molecule has 0 aliphatic carbocycles. The van der Waals surface area contributed by atoms with Crippen molar-refractivity contribution in [2.75, 3.05) is 24.7 Å². The molecular weight excluding hydrogens is 492 g/mol. The topological polar surface area (TPSA) is 44.1 Å². The summed E-state index contributed by atoms with van der Waals surface area (Å²) in [6.45, 7) is 10.0. The van der Waals surface area contributed by atoms with Crippen molar-refractivity contribution < 1.29 is 26.3 Å². The van der Waals surface area contributed by atoms with E-state index in [2.05, 4.69) is 28.5 Å². The van der Waals surface area contributed by atoms with Crippen molar-refractivity contribution in [3.05, 3.63) is 65.1 Å². The molecule has 35 heavy (non-hydrogen) atoms. The van der Waals surface area contributed by atoms with E-state index < -0.39 is 23.6 Å². The van der Waals surface area contributed by atoms with Crippen LogP contribution in [0.2, 0.25) is 0 Å². The molecule has 1 heterocycles. The van der Waals surface area contributed by atoms with Gasteiger partial charge in [-0.15, -0.1) is 16.9 Å². The van der Waals surface area contributed by atoms with Gasteiger partial charge in [0.2, 0.25) is 0 Å². The molecule has 0 spiro atoms. The van der Waals surface area contributed by atoms with Crippen LogP contribution in [0.4, 0.5) is 32.0 Å². The van der Waals surface area contributed by atoms with Crippen LogP contribution in [0.15, 0.2) is 57.8 Å². The van der Waals surface area contributed by atoms with E-state index in [1.807, 2.05) is 6.92 Å². The number of alkyl halides is 6. The number of aromatic nitrogens is 1. The average Bonchev–Trinajstić information content (AvgIpc) is 2.76. The minimum atomic E-state index is -4.60. The molecule has 0 saturated carbocycles. The number of hydrogen-bond acceptors (Lipinski definition) is 5. The van der Waals surface area contributed by atoms with E-state index in [0.29, 0.717) is 27.5 Å². The fourth-order valence-electron chi connectivity index (χ4n) is 3.29. The summed E-state index contributed by atoms with van der Waals surface area (Å²) in [5.41, 5.74) is -0.332. The second kappa shape index (κ2) is 11.1. The predicted molar refractivity (Wildman–Crippen MR) is 128 cm³/mol. The summed E-state index contributed by atoms with van der Waals surface area (Å²) in [5, 5.41) is 7.67. The van der Waals surface area contributed by atoms with Gasteiger partial charge in [-0.25, -0.2) is 0 Å². The largest absolute Gasteiger partial charge is 0.430 e. The zero-order valence-corrected chi connectivity index (χ0v) is 20.4. The highest BCUT2D eigenvalue weighted by Crippen LogP contribution is 2.36. The molecule has 0 bridgehead atoms. The maximum absolute atomic E-state index is 13.2. The quantitative estimate of drug-likeness (QED) is 0.131. The van der Waals surface area contributed by atoms with E-state index in [1.165, 1.54) is 18.8 Å². The molecule has 0 aliphatic rings. The van der Waals surface area contributed by atoms with Gasteiger partial charge >= 0.3 is 12.4 Å². The molecule has 5 nitrogen and oxygen atoms in total. The lowest BCUT2D eigenvalue weighted by Gasteiger charge is -2.28. The highest BCUT2D eigenvalue weighted by atomic mass is 32.2. The minimum absolute atomic E-state index is 0.0277. The number of rotatable bonds is 8. The van der Waals surface area contributed by atoms with Crippen molar-refractivity contribution in [3.8, 4) is 0 Å². The summed E-state index contributed by atoms with van der Waals surface area (Å²) in [7, 11) is 2.89. The smallest absolute Gasteiger partial charge is 0.352 e. The molecule has 0 aliphatic heterocycles. The normalized spacial score (nSPS) is 12.5. The van der Waals surface area contributed by atoms with Gasteiger partial charge in [-0.05, 0) is 42.5 Å². The van der Waals surface area contributed by atoms with Crippen LogP contribution in [0.3, 0.4) is 0 Å². The molecule has 1 aromatic carbocycles. The van der Waals surface area contributed by atoms with E-state index in [4.69, 9.17) is 0 Å². The molecule has 190 valence electrons.